The van der Waals surface area contributed by atoms with Crippen LogP contribution in [0.25, 0.3) is 0 Å². The van der Waals surface area contributed by atoms with Crippen molar-refractivity contribution in [2.24, 2.45) is 0 Å². The van der Waals surface area contributed by atoms with Crippen molar-refractivity contribution in [3.05, 3.63) is 75.7 Å². The molecule has 1 aromatic heterocycles. The monoisotopic (exact) mass is 368 g/mol. The first-order valence-electron chi connectivity index (χ1n) is 8.19. The van der Waals surface area contributed by atoms with Gasteiger partial charge in [0, 0.05) is 27.3 Å². The van der Waals surface area contributed by atoms with Gasteiger partial charge in [0.05, 0.1) is 10.7 Å². The minimum Gasteiger partial charge on any atom is -0.322 e. The first-order valence-corrected chi connectivity index (χ1v) is 10.1. The van der Waals surface area contributed by atoms with Crippen LogP contribution in [0.1, 0.15) is 33.5 Å². The summed E-state index contributed by atoms with van der Waals surface area (Å²) in [5, 5.41) is 6.19. The second-order valence-corrected chi connectivity index (χ2v) is 7.75. The van der Waals surface area contributed by atoms with Gasteiger partial charge < -0.3 is 5.32 Å². The average molecular weight is 369 g/mol. The van der Waals surface area contributed by atoms with Crippen LogP contribution >= 0.6 is 23.1 Å². The minimum absolute atomic E-state index is 0.0763. The first-order chi connectivity index (χ1) is 12.2. The maximum Gasteiger partial charge on any atom is 0.255 e. The molecule has 0 bridgehead atoms. The molecule has 128 valence electrons. The molecule has 25 heavy (non-hydrogen) atoms. The number of aryl methyl sites for hydroxylation is 2. The van der Waals surface area contributed by atoms with Crippen LogP contribution in [-0.4, -0.2) is 10.9 Å². The summed E-state index contributed by atoms with van der Waals surface area (Å²) in [7, 11) is 0. The molecule has 0 aliphatic heterocycles. The molecule has 0 spiro atoms. The van der Waals surface area contributed by atoms with E-state index in [2.05, 4.69) is 22.6 Å². The van der Waals surface area contributed by atoms with E-state index in [9.17, 15) is 4.79 Å². The highest BCUT2D eigenvalue weighted by atomic mass is 32.2. The third-order valence-corrected chi connectivity index (χ3v) is 5.68. The largest absolute Gasteiger partial charge is 0.322 e. The summed E-state index contributed by atoms with van der Waals surface area (Å²) in [4.78, 5) is 18.1. The SMILES string of the molecule is CCc1ccccc1NC(=O)c1ccc(SCc2csc(C)n2)cc1. The van der Waals surface area contributed by atoms with E-state index in [1.54, 1.807) is 23.1 Å². The van der Waals surface area contributed by atoms with Crippen molar-refractivity contribution in [3.63, 3.8) is 0 Å². The first kappa shape index (κ1) is 17.7. The number of amides is 1. The number of carbonyl (C=O) groups excluding carboxylic acids is 1. The van der Waals surface area contributed by atoms with Crippen molar-refractivity contribution in [1.82, 2.24) is 4.98 Å². The van der Waals surface area contributed by atoms with Gasteiger partial charge in [0.2, 0.25) is 0 Å². The van der Waals surface area contributed by atoms with Crippen molar-refractivity contribution in [2.45, 2.75) is 30.9 Å². The fraction of sp³-hybridized carbons (Fsp3) is 0.200. The molecule has 2 aromatic carbocycles. The highest BCUT2D eigenvalue weighted by molar-refractivity contribution is 7.98. The second-order valence-electron chi connectivity index (χ2n) is 5.64. The summed E-state index contributed by atoms with van der Waals surface area (Å²) >= 11 is 3.40. The number of para-hydroxylation sites is 1. The predicted octanol–water partition coefficient (Wildman–Crippen LogP) is 5.56. The van der Waals surface area contributed by atoms with Crippen LogP contribution in [0.4, 0.5) is 5.69 Å². The molecule has 3 rings (SSSR count). The Morgan fingerprint density at radius 3 is 2.60 bits per heavy atom. The zero-order chi connectivity index (χ0) is 17.6. The summed E-state index contributed by atoms with van der Waals surface area (Å²) in [5.41, 5.74) is 3.79. The van der Waals surface area contributed by atoms with Crippen LogP contribution in [0, 0.1) is 6.92 Å². The predicted molar refractivity (Wildman–Crippen MR) is 107 cm³/mol. The maximum absolute atomic E-state index is 12.4. The van der Waals surface area contributed by atoms with Crippen molar-refractivity contribution in [2.75, 3.05) is 5.32 Å². The smallest absolute Gasteiger partial charge is 0.255 e. The number of aromatic nitrogens is 1. The van der Waals surface area contributed by atoms with Crippen molar-refractivity contribution in [3.8, 4) is 0 Å². The molecule has 3 aromatic rings. The molecule has 0 fully saturated rings. The van der Waals surface area contributed by atoms with Gasteiger partial charge >= 0.3 is 0 Å². The third kappa shape index (κ3) is 4.71. The van der Waals surface area contributed by atoms with Gasteiger partial charge in [-0.05, 0) is 49.2 Å². The molecule has 5 heteroatoms. The Morgan fingerprint density at radius 2 is 1.92 bits per heavy atom. The molecule has 1 N–H and O–H groups in total. The quantitative estimate of drug-likeness (QED) is 0.579. The molecule has 3 nitrogen and oxygen atoms in total. The van der Waals surface area contributed by atoms with Crippen LogP contribution in [0.2, 0.25) is 0 Å². The van der Waals surface area contributed by atoms with Gasteiger partial charge in [0.15, 0.2) is 0 Å². The van der Waals surface area contributed by atoms with E-state index >= 15 is 0 Å². The van der Waals surface area contributed by atoms with E-state index in [0.717, 1.165) is 39.0 Å². The van der Waals surface area contributed by atoms with Gasteiger partial charge in [0.1, 0.15) is 0 Å². The molecule has 0 aliphatic carbocycles. The Kier molecular flexibility index (Phi) is 5.89. The van der Waals surface area contributed by atoms with Gasteiger partial charge in [-0.3, -0.25) is 4.79 Å². The number of rotatable bonds is 6. The van der Waals surface area contributed by atoms with Crippen molar-refractivity contribution >= 4 is 34.7 Å². The molecular formula is C20H20N2OS2. The number of carbonyl (C=O) groups is 1. The van der Waals surface area contributed by atoms with E-state index < -0.39 is 0 Å². The Labute approximate surface area is 156 Å². The standard InChI is InChI=1S/C20H20N2OS2/c1-3-15-6-4-5-7-19(15)22-20(23)16-8-10-18(11-9-16)25-13-17-12-24-14(2)21-17/h4-12H,3,13H2,1-2H3,(H,22,23). The number of hydrogen-bond donors (Lipinski definition) is 1. The summed E-state index contributed by atoms with van der Waals surface area (Å²) in [6.45, 7) is 4.10. The lowest BCUT2D eigenvalue weighted by atomic mass is 10.1. The van der Waals surface area contributed by atoms with Crippen molar-refractivity contribution < 1.29 is 4.79 Å². The molecule has 0 saturated carbocycles. The van der Waals surface area contributed by atoms with Gasteiger partial charge in [0.25, 0.3) is 5.91 Å². The van der Waals surface area contributed by atoms with E-state index in [4.69, 9.17) is 0 Å². The average Bonchev–Trinajstić information content (AvgIpc) is 3.06. The Morgan fingerprint density at radius 1 is 1.16 bits per heavy atom. The molecule has 0 aliphatic rings. The molecular weight excluding hydrogens is 348 g/mol. The van der Waals surface area contributed by atoms with Gasteiger partial charge in [-0.2, -0.15) is 0 Å². The van der Waals surface area contributed by atoms with Crippen LogP contribution < -0.4 is 5.32 Å². The molecule has 1 heterocycles. The fourth-order valence-electron chi connectivity index (χ4n) is 2.48. The van der Waals surface area contributed by atoms with Crippen molar-refractivity contribution in [1.29, 1.82) is 0 Å². The van der Waals surface area contributed by atoms with Crippen LogP contribution in [0.5, 0.6) is 0 Å². The summed E-state index contributed by atoms with van der Waals surface area (Å²) in [6.07, 6.45) is 0.891. The molecule has 1 amide bonds. The number of thiazole rings is 1. The maximum atomic E-state index is 12.4. The molecule has 0 atom stereocenters. The summed E-state index contributed by atoms with van der Waals surface area (Å²) in [6, 6.07) is 15.6. The zero-order valence-corrected chi connectivity index (χ0v) is 15.9. The Balaban J connectivity index is 1.62. The van der Waals surface area contributed by atoms with Gasteiger partial charge in [-0.1, -0.05) is 25.1 Å². The topological polar surface area (TPSA) is 42.0 Å². The lowest BCUT2D eigenvalue weighted by molar-refractivity contribution is 0.102. The van der Waals surface area contributed by atoms with Crippen LogP contribution in [0.15, 0.2) is 58.8 Å². The van der Waals surface area contributed by atoms with Crippen LogP contribution in [0.3, 0.4) is 0 Å². The zero-order valence-electron chi connectivity index (χ0n) is 14.3. The van der Waals surface area contributed by atoms with Crippen LogP contribution in [-0.2, 0) is 12.2 Å². The number of hydrogen-bond acceptors (Lipinski definition) is 4. The normalized spacial score (nSPS) is 10.6. The fourth-order valence-corrected chi connectivity index (χ4v) is 3.99. The van der Waals surface area contributed by atoms with E-state index in [-0.39, 0.29) is 5.91 Å². The number of benzene rings is 2. The lowest BCUT2D eigenvalue weighted by Crippen LogP contribution is -2.13. The Hall–Kier alpha value is -2.11. The van der Waals surface area contributed by atoms with E-state index in [1.165, 1.54) is 0 Å². The van der Waals surface area contributed by atoms with Gasteiger partial charge in [-0.25, -0.2) is 4.98 Å². The number of thioether (sulfide) groups is 1. The highest BCUT2D eigenvalue weighted by Gasteiger charge is 2.08. The minimum atomic E-state index is -0.0763. The number of anilines is 1. The second kappa shape index (κ2) is 8.32. The van der Waals surface area contributed by atoms with Gasteiger partial charge in [-0.15, -0.1) is 23.1 Å². The van der Waals surface area contributed by atoms with E-state index in [0.29, 0.717) is 5.56 Å². The molecule has 0 radical (unpaired) electrons. The summed E-state index contributed by atoms with van der Waals surface area (Å²) < 4.78 is 0. The molecule has 0 unspecified atom stereocenters. The third-order valence-electron chi connectivity index (χ3n) is 3.82. The Bertz CT molecular complexity index is 856. The summed E-state index contributed by atoms with van der Waals surface area (Å²) in [5.74, 6) is 0.771. The van der Waals surface area contributed by atoms with E-state index in [1.807, 2.05) is 55.5 Å². The molecule has 0 saturated heterocycles. The number of nitrogens with one attached hydrogen (secondary N) is 1. The highest BCUT2D eigenvalue weighted by Crippen LogP contribution is 2.24. The number of nitrogens with zero attached hydrogens (tertiary/aromatic N) is 1. The lowest BCUT2D eigenvalue weighted by Gasteiger charge is -2.10.